The van der Waals surface area contributed by atoms with Crippen molar-refractivity contribution < 1.29 is 9.90 Å². The molecule has 122 valence electrons. The summed E-state index contributed by atoms with van der Waals surface area (Å²) < 4.78 is 0. The molecule has 2 nitrogen and oxygen atoms in total. The Morgan fingerprint density at radius 1 is 1.45 bits per heavy atom. The molecular weight excluding hydrogens is 272 g/mol. The zero-order valence-electron chi connectivity index (χ0n) is 14.6. The van der Waals surface area contributed by atoms with Crippen LogP contribution in [-0.2, 0) is 4.79 Å². The van der Waals surface area contributed by atoms with Gasteiger partial charge in [0.15, 0.2) is 5.78 Å². The van der Waals surface area contributed by atoms with Crippen molar-refractivity contribution in [3.63, 3.8) is 0 Å². The Hall–Kier alpha value is -1.15. The van der Waals surface area contributed by atoms with Crippen LogP contribution in [0.2, 0.25) is 0 Å². The van der Waals surface area contributed by atoms with Crippen LogP contribution in [0.1, 0.15) is 60.3 Å². The van der Waals surface area contributed by atoms with Gasteiger partial charge >= 0.3 is 0 Å². The average Bonchev–Trinajstić information content (AvgIpc) is 2.42. The number of allylic oxidation sites excluding steroid dienone is 5. The molecule has 0 aliphatic heterocycles. The molecule has 0 radical (unpaired) electrons. The van der Waals surface area contributed by atoms with Crippen molar-refractivity contribution in [2.45, 2.75) is 65.9 Å². The summed E-state index contributed by atoms with van der Waals surface area (Å²) >= 11 is 0. The summed E-state index contributed by atoms with van der Waals surface area (Å²) in [6.45, 7) is 10.3. The summed E-state index contributed by atoms with van der Waals surface area (Å²) in [5, 5.41) is 10.6. The van der Waals surface area contributed by atoms with E-state index in [-0.39, 0.29) is 11.7 Å². The minimum atomic E-state index is -1.20. The lowest BCUT2D eigenvalue weighted by atomic mass is 9.61. The van der Waals surface area contributed by atoms with Crippen LogP contribution < -0.4 is 0 Å². The second kappa shape index (κ2) is 6.54. The first-order chi connectivity index (χ1) is 10.2. The predicted molar refractivity (Wildman–Crippen MR) is 91.5 cm³/mol. The second-order valence-electron chi connectivity index (χ2n) is 7.65. The Morgan fingerprint density at radius 2 is 2.14 bits per heavy atom. The van der Waals surface area contributed by atoms with Gasteiger partial charge in [0.1, 0.15) is 5.60 Å². The fraction of sp³-hybridized carbons (Fsp3) is 0.650. The lowest BCUT2D eigenvalue weighted by Gasteiger charge is -2.45. The molecule has 0 unspecified atom stereocenters. The average molecular weight is 302 g/mol. The van der Waals surface area contributed by atoms with E-state index in [4.69, 9.17) is 0 Å². The summed E-state index contributed by atoms with van der Waals surface area (Å²) in [6, 6.07) is 0. The number of ketones is 1. The first kappa shape index (κ1) is 17.2. The number of carbonyl (C=O) groups is 1. The third kappa shape index (κ3) is 3.43. The molecule has 22 heavy (non-hydrogen) atoms. The number of carbonyl (C=O) groups excluding carboxylic acids is 1. The fourth-order valence-corrected chi connectivity index (χ4v) is 3.87. The van der Waals surface area contributed by atoms with Crippen molar-refractivity contribution in [1.82, 2.24) is 0 Å². The highest BCUT2D eigenvalue weighted by atomic mass is 16.3. The zero-order chi connectivity index (χ0) is 16.5. The molecule has 2 aliphatic rings. The Balaban J connectivity index is 2.20. The summed E-state index contributed by atoms with van der Waals surface area (Å²) in [4.78, 5) is 12.3. The van der Waals surface area contributed by atoms with Gasteiger partial charge in [-0.15, -0.1) is 0 Å². The van der Waals surface area contributed by atoms with Crippen LogP contribution in [0.4, 0.5) is 0 Å². The Bertz CT molecular complexity index is 528. The van der Waals surface area contributed by atoms with Gasteiger partial charge in [0.25, 0.3) is 0 Å². The van der Waals surface area contributed by atoms with Gasteiger partial charge in [0, 0.05) is 5.92 Å². The molecule has 0 saturated heterocycles. The molecule has 0 fully saturated rings. The highest BCUT2D eigenvalue weighted by Gasteiger charge is 2.48. The molecular formula is C20H30O2. The van der Waals surface area contributed by atoms with E-state index in [0.29, 0.717) is 11.8 Å². The molecule has 2 heteroatoms. The van der Waals surface area contributed by atoms with Crippen molar-refractivity contribution in [1.29, 1.82) is 0 Å². The maximum absolute atomic E-state index is 12.3. The zero-order valence-corrected chi connectivity index (χ0v) is 14.6. The lowest BCUT2D eigenvalue weighted by molar-refractivity contribution is -0.140. The van der Waals surface area contributed by atoms with Crippen LogP contribution in [0.5, 0.6) is 0 Å². The van der Waals surface area contributed by atoms with Gasteiger partial charge < -0.3 is 5.11 Å². The highest BCUT2D eigenvalue weighted by molar-refractivity contribution is 5.98. The van der Waals surface area contributed by atoms with Crippen LogP contribution in [0.3, 0.4) is 0 Å². The third-order valence-corrected chi connectivity index (χ3v) is 5.26. The maximum Gasteiger partial charge on any atom is 0.187 e. The SMILES string of the molecule is CC(C)=CCCC1=CC[C@H]2[C@@H](C1)C(C(C)C)=CC(=O)[C@@]2(C)O. The fourth-order valence-electron chi connectivity index (χ4n) is 3.87. The summed E-state index contributed by atoms with van der Waals surface area (Å²) in [7, 11) is 0. The molecule has 3 atom stereocenters. The Morgan fingerprint density at radius 3 is 2.73 bits per heavy atom. The molecule has 0 amide bonds. The van der Waals surface area contributed by atoms with E-state index in [9.17, 15) is 9.90 Å². The van der Waals surface area contributed by atoms with Crippen molar-refractivity contribution in [3.8, 4) is 0 Å². The van der Waals surface area contributed by atoms with E-state index in [1.165, 1.54) is 16.7 Å². The van der Waals surface area contributed by atoms with Crippen LogP contribution >= 0.6 is 0 Å². The number of rotatable bonds is 4. The Kier molecular flexibility index (Phi) is 5.11. The largest absolute Gasteiger partial charge is 0.382 e. The van der Waals surface area contributed by atoms with E-state index < -0.39 is 5.60 Å². The van der Waals surface area contributed by atoms with Crippen LogP contribution in [0.25, 0.3) is 0 Å². The van der Waals surface area contributed by atoms with Gasteiger partial charge in [-0.25, -0.2) is 0 Å². The summed E-state index contributed by atoms with van der Waals surface area (Å²) in [6.07, 6.45) is 10.3. The first-order valence-corrected chi connectivity index (χ1v) is 8.53. The van der Waals surface area contributed by atoms with Crippen LogP contribution in [0.15, 0.2) is 34.9 Å². The van der Waals surface area contributed by atoms with E-state index >= 15 is 0 Å². The van der Waals surface area contributed by atoms with Crippen LogP contribution in [0, 0.1) is 17.8 Å². The number of aliphatic hydroxyl groups is 1. The van der Waals surface area contributed by atoms with Gasteiger partial charge in [-0.1, -0.05) is 42.7 Å². The summed E-state index contributed by atoms with van der Waals surface area (Å²) in [5.41, 5.74) is 2.87. The molecule has 0 aromatic carbocycles. The molecule has 2 rings (SSSR count). The monoisotopic (exact) mass is 302 g/mol. The van der Waals surface area contributed by atoms with Crippen LogP contribution in [-0.4, -0.2) is 16.5 Å². The number of hydrogen-bond donors (Lipinski definition) is 1. The highest BCUT2D eigenvalue weighted by Crippen LogP contribution is 2.47. The molecule has 2 aliphatic carbocycles. The van der Waals surface area contributed by atoms with Gasteiger partial charge in [0.2, 0.25) is 0 Å². The van der Waals surface area contributed by atoms with Crippen molar-refractivity contribution >= 4 is 5.78 Å². The quantitative estimate of drug-likeness (QED) is 0.770. The third-order valence-electron chi connectivity index (χ3n) is 5.26. The van der Waals surface area contributed by atoms with E-state index in [1.54, 1.807) is 13.0 Å². The van der Waals surface area contributed by atoms with Crippen molar-refractivity contribution in [2.24, 2.45) is 17.8 Å². The van der Waals surface area contributed by atoms with E-state index in [1.807, 2.05) is 0 Å². The number of hydrogen-bond acceptors (Lipinski definition) is 2. The maximum atomic E-state index is 12.3. The molecule has 1 N–H and O–H groups in total. The topological polar surface area (TPSA) is 37.3 Å². The van der Waals surface area contributed by atoms with Gasteiger partial charge in [0.05, 0.1) is 0 Å². The van der Waals surface area contributed by atoms with Gasteiger partial charge in [-0.3, -0.25) is 4.79 Å². The lowest BCUT2D eigenvalue weighted by Crippen LogP contribution is -2.50. The standard InChI is InChI=1S/C20H30O2/c1-13(2)7-6-8-15-9-10-18-17(11-15)16(14(3)4)12-19(21)20(18,5)22/h7,9,12,14,17-18,22H,6,8,10-11H2,1-5H3/t17-,18-,20-/m0/s1. The molecule has 0 bridgehead atoms. The molecule has 0 aromatic rings. The minimum Gasteiger partial charge on any atom is -0.382 e. The first-order valence-electron chi connectivity index (χ1n) is 8.53. The molecule has 0 aromatic heterocycles. The smallest absolute Gasteiger partial charge is 0.187 e. The van der Waals surface area contributed by atoms with Gasteiger partial charge in [-0.05, 0) is 64.4 Å². The van der Waals surface area contributed by atoms with E-state index in [2.05, 4.69) is 39.8 Å². The normalized spacial score (nSPS) is 31.5. The number of fused-ring (bicyclic) bond motifs is 1. The minimum absolute atomic E-state index is 0.0367. The molecule has 0 saturated carbocycles. The van der Waals surface area contributed by atoms with Gasteiger partial charge in [-0.2, -0.15) is 0 Å². The molecule has 0 heterocycles. The van der Waals surface area contributed by atoms with Crippen molar-refractivity contribution in [2.75, 3.05) is 0 Å². The molecule has 0 spiro atoms. The van der Waals surface area contributed by atoms with Crippen molar-refractivity contribution in [3.05, 3.63) is 34.9 Å². The second-order valence-corrected chi connectivity index (χ2v) is 7.65. The van der Waals surface area contributed by atoms with E-state index in [0.717, 1.165) is 25.7 Å². The summed E-state index contributed by atoms with van der Waals surface area (Å²) in [5.74, 6) is 0.609. The predicted octanol–water partition coefficient (Wildman–Crippen LogP) is 4.60. The Labute approximate surface area is 135 Å².